The van der Waals surface area contributed by atoms with E-state index in [1.54, 1.807) is 0 Å². The van der Waals surface area contributed by atoms with Gasteiger partial charge in [-0.15, -0.1) is 0 Å². The molecule has 1 aromatic carbocycles. The summed E-state index contributed by atoms with van der Waals surface area (Å²) in [5.41, 5.74) is 2.20. The quantitative estimate of drug-likeness (QED) is 0.718. The molecular formula is C8H6BrN2. The lowest BCUT2D eigenvalue weighted by Crippen LogP contribution is -1.79. The SMILES string of the molecule is BrCc1[c]ccc2cn[nH]c12. The lowest BCUT2D eigenvalue weighted by atomic mass is 10.2. The Bertz CT molecular complexity index is 367. The molecule has 0 unspecified atom stereocenters. The molecule has 1 aromatic heterocycles. The number of halogens is 1. The summed E-state index contributed by atoms with van der Waals surface area (Å²) in [4.78, 5) is 0. The molecule has 2 aromatic rings. The molecule has 2 rings (SSSR count). The van der Waals surface area contributed by atoms with Gasteiger partial charge in [-0.3, -0.25) is 5.10 Å². The van der Waals surface area contributed by atoms with E-state index in [0.717, 1.165) is 21.8 Å². The first-order chi connectivity index (χ1) is 5.42. The predicted octanol–water partition coefficient (Wildman–Crippen LogP) is 2.26. The summed E-state index contributed by atoms with van der Waals surface area (Å²) in [6.07, 6.45) is 1.81. The molecular weight excluding hydrogens is 204 g/mol. The molecule has 1 N–H and O–H groups in total. The molecule has 0 atom stereocenters. The molecule has 1 radical (unpaired) electrons. The van der Waals surface area contributed by atoms with Crippen molar-refractivity contribution in [1.82, 2.24) is 10.2 Å². The average Bonchev–Trinajstić information content (AvgIpc) is 2.50. The van der Waals surface area contributed by atoms with E-state index in [0.29, 0.717) is 0 Å². The van der Waals surface area contributed by atoms with Crippen molar-refractivity contribution in [3.05, 3.63) is 30.0 Å². The van der Waals surface area contributed by atoms with Crippen LogP contribution in [0.15, 0.2) is 18.3 Å². The zero-order valence-electron chi connectivity index (χ0n) is 5.76. The maximum Gasteiger partial charge on any atom is 0.0696 e. The number of alkyl halides is 1. The smallest absolute Gasteiger partial charge is 0.0696 e. The highest BCUT2D eigenvalue weighted by molar-refractivity contribution is 9.08. The number of rotatable bonds is 1. The number of hydrogen-bond donors (Lipinski definition) is 1. The molecule has 0 aliphatic heterocycles. The summed E-state index contributed by atoms with van der Waals surface area (Å²) in [6.45, 7) is 0. The first-order valence-corrected chi connectivity index (χ1v) is 4.42. The van der Waals surface area contributed by atoms with Crippen molar-refractivity contribution in [2.24, 2.45) is 0 Å². The zero-order valence-corrected chi connectivity index (χ0v) is 7.35. The van der Waals surface area contributed by atoms with E-state index in [4.69, 9.17) is 0 Å². The van der Waals surface area contributed by atoms with E-state index >= 15 is 0 Å². The Labute approximate surface area is 72.7 Å². The van der Waals surface area contributed by atoms with Crippen LogP contribution in [-0.2, 0) is 5.33 Å². The van der Waals surface area contributed by atoms with Crippen LogP contribution in [0.5, 0.6) is 0 Å². The van der Waals surface area contributed by atoms with Crippen LogP contribution < -0.4 is 0 Å². The highest BCUT2D eigenvalue weighted by atomic mass is 79.9. The van der Waals surface area contributed by atoms with Gasteiger partial charge in [0.15, 0.2) is 0 Å². The first kappa shape index (κ1) is 6.85. The number of aromatic nitrogens is 2. The Morgan fingerprint density at radius 3 is 3.36 bits per heavy atom. The topological polar surface area (TPSA) is 28.7 Å². The molecule has 0 amide bonds. The lowest BCUT2D eigenvalue weighted by molar-refractivity contribution is 1.11. The molecule has 0 bridgehead atoms. The number of hydrogen-bond acceptors (Lipinski definition) is 1. The second kappa shape index (κ2) is 2.66. The van der Waals surface area contributed by atoms with Gasteiger partial charge >= 0.3 is 0 Å². The molecule has 0 fully saturated rings. The minimum absolute atomic E-state index is 0.812. The van der Waals surface area contributed by atoms with Crippen molar-refractivity contribution in [3.63, 3.8) is 0 Å². The van der Waals surface area contributed by atoms with Gasteiger partial charge in [0.25, 0.3) is 0 Å². The third-order valence-corrected chi connectivity index (χ3v) is 2.19. The predicted molar refractivity (Wildman–Crippen MR) is 47.6 cm³/mol. The van der Waals surface area contributed by atoms with E-state index < -0.39 is 0 Å². The van der Waals surface area contributed by atoms with Gasteiger partial charge in [-0.2, -0.15) is 5.10 Å². The Balaban J connectivity index is 2.79. The number of nitrogens with one attached hydrogen (secondary N) is 1. The fourth-order valence-electron chi connectivity index (χ4n) is 1.07. The summed E-state index contributed by atoms with van der Waals surface area (Å²) in [7, 11) is 0. The van der Waals surface area contributed by atoms with Crippen molar-refractivity contribution < 1.29 is 0 Å². The average molecular weight is 210 g/mol. The number of benzene rings is 1. The molecule has 0 saturated carbocycles. The van der Waals surface area contributed by atoms with Gasteiger partial charge in [0.05, 0.1) is 11.7 Å². The Morgan fingerprint density at radius 1 is 1.64 bits per heavy atom. The van der Waals surface area contributed by atoms with Crippen LogP contribution in [0.2, 0.25) is 0 Å². The minimum atomic E-state index is 0.812. The molecule has 0 aliphatic carbocycles. The van der Waals surface area contributed by atoms with E-state index in [9.17, 15) is 0 Å². The highest BCUT2D eigenvalue weighted by Crippen LogP contribution is 2.16. The molecule has 0 saturated heterocycles. The largest absolute Gasteiger partial charge is 0.277 e. The molecule has 55 valence electrons. The number of fused-ring (bicyclic) bond motifs is 1. The molecule has 2 nitrogen and oxygen atoms in total. The standard InChI is InChI=1S/C8H6BrN2/c9-4-6-2-1-3-7-5-10-11-8(6)7/h1,3,5H,4H2,(H,10,11). The van der Waals surface area contributed by atoms with Crippen LogP contribution in [0.3, 0.4) is 0 Å². The van der Waals surface area contributed by atoms with Crippen molar-refractivity contribution in [1.29, 1.82) is 0 Å². The third kappa shape index (κ3) is 1.05. The maximum atomic E-state index is 3.94. The monoisotopic (exact) mass is 209 g/mol. The van der Waals surface area contributed by atoms with Gasteiger partial charge in [-0.1, -0.05) is 28.1 Å². The van der Waals surface area contributed by atoms with Crippen LogP contribution in [0, 0.1) is 6.07 Å². The fourth-order valence-corrected chi connectivity index (χ4v) is 1.52. The fraction of sp³-hybridized carbons (Fsp3) is 0.125. The van der Waals surface area contributed by atoms with Gasteiger partial charge in [0.1, 0.15) is 0 Å². The Hall–Kier alpha value is -0.830. The third-order valence-electron chi connectivity index (χ3n) is 1.62. The normalized spacial score (nSPS) is 10.6. The molecule has 0 aliphatic rings. The number of nitrogens with zero attached hydrogens (tertiary/aromatic N) is 1. The van der Waals surface area contributed by atoms with Crippen molar-refractivity contribution in [2.45, 2.75) is 5.33 Å². The van der Waals surface area contributed by atoms with E-state index in [1.807, 2.05) is 18.3 Å². The number of H-pyrrole nitrogens is 1. The van der Waals surface area contributed by atoms with Crippen LogP contribution in [0.25, 0.3) is 10.9 Å². The van der Waals surface area contributed by atoms with Crippen molar-refractivity contribution in [3.8, 4) is 0 Å². The van der Waals surface area contributed by atoms with Crippen molar-refractivity contribution in [2.75, 3.05) is 0 Å². The Morgan fingerprint density at radius 2 is 2.55 bits per heavy atom. The summed E-state index contributed by atoms with van der Waals surface area (Å²) in [6, 6.07) is 7.03. The van der Waals surface area contributed by atoms with E-state index in [-0.39, 0.29) is 0 Å². The summed E-state index contributed by atoms with van der Waals surface area (Å²) < 4.78 is 0. The first-order valence-electron chi connectivity index (χ1n) is 3.30. The summed E-state index contributed by atoms with van der Waals surface area (Å²) in [5, 5.41) is 8.82. The van der Waals surface area contributed by atoms with Crippen LogP contribution in [-0.4, -0.2) is 10.2 Å². The van der Waals surface area contributed by atoms with Crippen LogP contribution >= 0.6 is 15.9 Å². The van der Waals surface area contributed by atoms with Gasteiger partial charge < -0.3 is 0 Å². The maximum absolute atomic E-state index is 3.94. The van der Waals surface area contributed by atoms with E-state index in [2.05, 4.69) is 32.2 Å². The molecule has 1 heterocycles. The Kier molecular flexibility index (Phi) is 1.66. The number of aromatic amines is 1. The zero-order chi connectivity index (χ0) is 7.68. The van der Waals surface area contributed by atoms with Gasteiger partial charge in [0, 0.05) is 10.7 Å². The summed E-state index contributed by atoms with van der Waals surface area (Å²) in [5.74, 6) is 0. The second-order valence-corrected chi connectivity index (χ2v) is 2.85. The summed E-state index contributed by atoms with van der Waals surface area (Å²) >= 11 is 3.38. The van der Waals surface area contributed by atoms with Gasteiger partial charge in [0.2, 0.25) is 0 Å². The molecule has 0 spiro atoms. The second-order valence-electron chi connectivity index (χ2n) is 2.29. The highest BCUT2D eigenvalue weighted by Gasteiger charge is 1.99. The van der Waals surface area contributed by atoms with Crippen molar-refractivity contribution >= 4 is 26.8 Å². The minimum Gasteiger partial charge on any atom is -0.277 e. The molecule has 11 heavy (non-hydrogen) atoms. The van der Waals surface area contributed by atoms with Crippen LogP contribution in [0.4, 0.5) is 0 Å². The molecule has 3 heteroatoms. The van der Waals surface area contributed by atoms with Crippen LogP contribution in [0.1, 0.15) is 5.56 Å². The van der Waals surface area contributed by atoms with Gasteiger partial charge in [-0.05, 0) is 11.6 Å². The van der Waals surface area contributed by atoms with E-state index in [1.165, 1.54) is 0 Å². The lowest BCUT2D eigenvalue weighted by Gasteiger charge is -1.94. The van der Waals surface area contributed by atoms with Gasteiger partial charge in [-0.25, -0.2) is 0 Å².